The average Bonchev–Trinajstić information content (AvgIpc) is 2.38. The topological polar surface area (TPSA) is 52.7 Å². The van der Waals surface area contributed by atoms with Crippen LogP contribution in [0.25, 0.3) is 0 Å². The summed E-state index contributed by atoms with van der Waals surface area (Å²) in [7, 11) is 3.36. The highest BCUT2D eigenvalue weighted by Crippen LogP contribution is 2.47. The quantitative estimate of drug-likeness (QED) is 0.643. The van der Waals surface area contributed by atoms with Gasteiger partial charge in [0.1, 0.15) is 5.54 Å². The number of nitrogens with one attached hydrogen (secondary N) is 1. The number of piperidine rings is 1. The Morgan fingerprint density at radius 2 is 2.00 bits per heavy atom. The number of carbonyl (C=O) groups is 2. The average molecular weight is 260 g/mol. The maximum Gasteiger partial charge on any atom is 0.327 e. The molecule has 1 aliphatic carbocycles. The SMILES string of the molecule is CN1C(=O)N(C)C2(CCNC3CCC32)C1=O.Cl. The van der Waals surface area contributed by atoms with E-state index in [2.05, 4.69) is 5.32 Å². The van der Waals surface area contributed by atoms with Crippen LogP contribution in [0.3, 0.4) is 0 Å². The first-order valence-electron chi connectivity index (χ1n) is 5.88. The van der Waals surface area contributed by atoms with Crippen molar-refractivity contribution in [2.24, 2.45) is 5.92 Å². The summed E-state index contributed by atoms with van der Waals surface area (Å²) >= 11 is 0. The molecule has 0 radical (unpaired) electrons. The lowest BCUT2D eigenvalue weighted by molar-refractivity contribution is -0.140. The van der Waals surface area contributed by atoms with Gasteiger partial charge in [-0.05, 0) is 25.8 Å². The Labute approximate surface area is 107 Å². The van der Waals surface area contributed by atoms with E-state index >= 15 is 0 Å². The Balaban J connectivity index is 0.00000108. The standard InChI is InChI=1S/C11H17N3O2.ClH/c1-13-9(15)11(14(2)10(13)16)5-6-12-8-4-3-7(8)11;/h7-8,12H,3-6H2,1-2H3;1H. The molecule has 96 valence electrons. The van der Waals surface area contributed by atoms with Gasteiger partial charge in [0.15, 0.2) is 0 Å². The van der Waals surface area contributed by atoms with E-state index in [0.29, 0.717) is 12.0 Å². The minimum absolute atomic E-state index is 0. The van der Waals surface area contributed by atoms with Crippen molar-refractivity contribution >= 4 is 24.3 Å². The molecule has 3 aliphatic rings. The van der Waals surface area contributed by atoms with Gasteiger partial charge in [0, 0.05) is 26.1 Å². The minimum Gasteiger partial charge on any atom is -0.313 e. The zero-order chi connectivity index (χ0) is 11.5. The molecule has 2 aliphatic heterocycles. The molecule has 0 aromatic rings. The molecule has 2 heterocycles. The van der Waals surface area contributed by atoms with Gasteiger partial charge in [-0.2, -0.15) is 0 Å². The molecule has 3 unspecified atom stereocenters. The molecule has 0 aromatic carbocycles. The molecule has 3 rings (SSSR count). The second-order valence-corrected chi connectivity index (χ2v) is 5.12. The maximum absolute atomic E-state index is 12.3. The van der Waals surface area contributed by atoms with Gasteiger partial charge in [0.25, 0.3) is 5.91 Å². The molecule has 3 atom stereocenters. The Hall–Kier alpha value is -0.810. The summed E-state index contributed by atoms with van der Waals surface area (Å²) in [5.74, 6) is 0.309. The molecule has 5 nitrogen and oxygen atoms in total. The number of amides is 3. The van der Waals surface area contributed by atoms with E-state index in [1.807, 2.05) is 0 Å². The van der Waals surface area contributed by atoms with Crippen molar-refractivity contribution in [2.45, 2.75) is 30.8 Å². The first-order valence-corrected chi connectivity index (χ1v) is 5.88. The highest BCUT2D eigenvalue weighted by Gasteiger charge is 2.63. The summed E-state index contributed by atoms with van der Waals surface area (Å²) in [5.41, 5.74) is -0.542. The molecule has 1 N–H and O–H groups in total. The molecule has 3 fully saturated rings. The van der Waals surface area contributed by atoms with E-state index in [0.717, 1.165) is 25.8 Å². The highest BCUT2D eigenvalue weighted by atomic mass is 35.5. The van der Waals surface area contributed by atoms with Crippen LogP contribution < -0.4 is 5.32 Å². The number of carbonyl (C=O) groups excluding carboxylic acids is 2. The van der Waals surface area contributed by atoms with Crippen LogP contribution in [-0.4, -0.2) is 54.0 Å². The Morgan fingerprint density at radius 1 is 1.29 bits per heavy atom. The molecule has 1 saturated carbocycles. The van der Waals surface area contributed by atoms with Gasteiger partial charge in [0.2, 0.25) is 0 Å². The number of rotatable bonds is 0. The molecule has 3 amide bonds. The van der Waals surface area contributed by atoms with E-state index in [1.54, 1.807) is 19.0 Å². The third kappa shape index (κ3) is 1.29. The Bertz CT molecular complexity index is 376. The van der Waals surface area contributed by atoms with Crippen molar-refractivity contribution < 1.29 is 9.59 Å². The number of nitrogens with zero attached hydrogens (tertiary/aromatic N) is 2. The predicted octanol–water partition coefficient (Wildman–Crippen LogP) is 0.443. The van der Waals surface area contributed by atoms with Crippen LogP contribution in [0.4, 0.5) is 4.79 Å². The lowest BCUT2D eigenvalue weighted by Crippen LogP contribution is -2.68. The number of hydrogen-bond acceptors (Lipinski definition) is 3. The number of imide groups is 1. The van der Waals surface area contributed by atoms with E-state index in [4.69, 9.17) is 0 Å². The van der Waals surface area contributed by atoms with Gasteiger partial charge in [0.05, 0.1) is 0 Å². The van der Waals surface area contributed by atoms with Gasteiger partial charge in [-0.25, -0.2) is 4.79 Å². The van der Waals surface area contributed by atoms with Crippen molar-refractivity contribution in [3.63, 3.8) is 0 Å². The molecular weight excluding hydrogens is 242 g/mol. The first-order chi connectivity index (χ1) is 7.59. The van der Waals surface area contributed by atoms with Crippen LogP contribution in [0.5, 0.6) is 0 Å². The molecule has 17 heavy (non-hydrogen) atoms. The Kier molecular flexibility index (Phi) is 2.86. The van der Waals surface area contributed by atoms with Crippen LogP contribution in [0.1, 0.15) is 19.3 Å². The van der Waals surface area contributed by atoms with Gasteiger partial charge in [-0.1, -0.05) is 0 Å². The normalized spacial score (nSPS) is 40.1. The first kappa shape index (κ1) is 12.6. The molecule has 0 bridgehead atoms. The fraction of sp³-hybridized carbons (Fsp3) is 0.818. The van der Waals surface area contributed by atoms with Gasteiger partial charge in [-0.3, -0.25) is 9.69 Å². The van der Waals surface area contributed by atoms with E-state index in [1.165, 1.54) is 4.90 Å². The van der Waals surface area contributed by atoms with Crippen molar-refractivity contribution in [3.8, 4) is 0 Å². The van der Waals surface area contributed by atoms with Crippen LogP contribution in [0, 0.1) is 5.92 Å². The summed E-state index contributed by atoms with van der Waals surface area (Å²) in [6.07, 6.45) is 2.93. The van der Waals surface area contributed by atoms with Gasteiger partial charge >= 0.3 is 6.03 Å². The fourth-order valence-corrected chi connectivity index (χ4v) is 3.55. The molecule has 2 saturated heterocycles. The summed E-state index contributed by atoms with van der Waals surface area (Å²) in [5, 5.41) is 3.43. The third-order valence-corrected chi connectivity index (χ3v) is 4.65. The Morgan fingerprint density at radius 3 is 2.47 bits per heavy atom. The van der Waals surface area contributed by atoms with Gasteiger partial charge in [-0.15, -0.1) is 12.4 Å². The van der Waals surface area contributed by atoms with E-state index < -0.39 is 5.54 Å². The number of urea groups is 1. The second kappa shape index (κ2) is 3.85. The van der Waals surface area contributed by atoms with Crippen molar-refractivity contribution in [1.29, 1.82) is 0 Å². The van der Waals surface area contributed by atoms with Crippen molar-refractivity contribution in [3.05, 3.63) is 0 Å². The number of halogens is 1. The van der Waals surface area contributed by atoms with E-state index in [9.17, 15) is 9.59 Å². The summed E-state index contributed by atoms with van der Waals surface area (Å²) < 4.78 is 0. The van der Waals surface area contributed by atoms with E-state index in [-0.39, 0.29) is 24.3 Å². The maximum atomic E-state index is 12.3. The zero-order valence-electron chi connectivity index (χ0n) is 10.1. The van der Waals surface area contributed by atoms with Crippen LogP contribution >= 0.6 is 12.4 Å². The lowest BCUT2D eigenvalue weighted by Gasteiger charge is -2.53. The number of hydrogen-bond donors (Lipinski definition) is 1. The van der Waals surface area contributed by atoms with Crippen molar-refractivity contribution in [2.75, 3.05) is 20.6 Å². The monoisotopic (exact) mass is 259 g/mol. The summed E-state index contributed by atoms with van der Waals surface area (Å²) in [6.45, 7) is 0.832. The molecule has 6 heteroatoms. The van der Waals surface area contributed by atoms with Gasteiger partial charge < -0.3 is 10.2 Å². The predicted molar refractivity (Wildman–Crippen MR) is 65.0 cm³/mol. The minimum atomic E-state index is -0.542. The lowest BCUT2D eigenvalue weighted by atomic mass is 9.63. The smallest absolute Gasteiger partial charge is 0.313 e. The largest absolute Gasteiger partial charge is 0.327 e. The summed E-state index contributed by atoms with van der Waals surface area (Å²) in [4.78, 5) is 27.2. The molecular formula is C11H18ClN3O2. The fourth-order valence-electron chi connectivity index (χ4n) is 3.55. The van der Waals surface area contributed by atoms with Crippen molar-refractivity contribution in [1.82, 2.24) is 15.1 Å². The van der Waals surface area contributed by atoms with Crippen LogP contribution in [0.2, 0.25) is 0 Å². The summed E-state index contributed by atoms with van der Waals surface area (Å²) in [6, 6.07) is 0.275. The number of likely N-dealkylation sites (N-methyl/N-ethyl adjacent to an activating group) is 2. The molecule has 0 aromatic heterocycles. The number of fused-ring (bicyclic) bond motifs is 2. The third-order valence-electron chi connectivity index (χ3n) is 4.65. The zero-order valence-corrected chi connectivity index (χ0v) is 10.9. The second-order valence-electron chi connectivity index (χ2n) is 5.12. The van der Waals surface area contributed by atoms with Crippen LogP contribution in [0.15, 0.2) is 0 Å². The molecule has 1 spiro atoms. The van der Waals surface area contributed by atoms with Crippen LogP contribution in [-0.2, 0) is 4.79 Å². The highest BCUT2D eigenvalue weighted by molar-refractivity contribution is 6.07.